The molecular weight excluding hydrogens is 236 g/mol. The van der Waals surface area contributed by atoms with Crippen LogP contribution in [0.5, 0.6) is 0 Å². The number of carbonyl (C=O) groups excluding carboxylic acids is 1. The van der Waals surface area contributed by atoms with Gasteiger partial charge in [-0.3, -0.25) is 4.79 Å². The summed E-state index contributed by atoms with van der Waals surface area (Å²) in [6, 6.07) is 5.98. The van der Waals surface area contributed by atoms with Gasteiger partial charge in [0.2, 0.25) is 0 Å². The van der Waals surface area contributed by atoms with Crippen molar-refractivity contribution in [3.63, 3.8) is 0 Å². The van der Waals surface area contributed by atoms with Crippen molar-refractivity contribution in [2.75, 3.05) is 5.32 Å². The average molecular weight is 246 g/mol. The number of nitrogens with zero attached hydrogens (tertiary/aromatic N) is 1. The number of carboxylic acid groups (broad SMARTS) is 1. The lowest BCUT2D eigenvalue weighted by atomic mass is 10.2. The summed E-state index contributed by atoms with van der Waals surface area (Å²) in [5.74, 6) is -1.04. The smallest absolute Gasteiger partial charge is 0.335 e. The molecule has 0 radical (unpaired) electrons. The Kier molecular flexibility index (Phi) is 3.09. The summed E-state index contributed by atoms with van der Waals surface area (Å²) >= 11 is 0. The van der Waals surface area contributed by atoms with E-state index in [1.165, 1.54) is 18.3 Å². The number of aryl methyl sites for hydroxylation is 1. The zero-order chi connectivity index (χ0) is 13.1. The highest BCUT2D eigenvalue weighted by Gasteiger charge is 2.13. The van der Waals surface area contributed by atoms with Gasteiger partial charge in [-0.25, -0.2) is 4.79 Å². The Morgan fingerprint density at radius 3 is 2.78 bits per heavy atom. The Balaban J connectivity index is 2.20. The number of amides is 1. The van der Waals surface area contributed by atoms with E-state index in [4.69, 9.17) is 9.63 Å². The zero-order valence-electron chi connectivity index (χ0n) is 9.51. The third-order valence-electron chi connectivity index (χ3n) is 2.36. The van der Waals surface area contributed by atoms with E-state index in [9.17, 15) is 9.59 Å². The Bertz CT molecular complexity index is 604. The highest BCUT2D eigenvalue weighted by atomic mass is 16.5. The number of aromatic carboxylic acids is 1. The molecule has 92 valence electrons. The lowest BCUT2D eigenvalue weighted by Crippen LogP contribution is -2.12. The van der Waals surface area contributed by atoms with Crippen LogP contribution in [0.15, 0.2) is 35.0 Å². The van der Waals surface area contributed by atoms with E-state index in [1.54, 1.807) is 19.1 Å². The molecule has 18 heavy (non-hydrogen) atoms. The van der Waals surface area contributed by atoms with Gasteiger partial charge in [-0.1, -0.05) is 11.2 Å². The van der Waals surface area contributed by atoms with Crippen LogP contribution in [0.25, 0.3) is 0 Å². The Morgan fingerprint density at radius 2 is 2.17 bits per heavy atom. The lowest BCUT2D eigenvalue weighted by molar-refractivity contribution is 0.0696. The van der Waals surface area contributed by atoms with Crippen LogP contribution < -0.4 is 5.32 Å². The first-order chi connectivity index (χ1) is 8.58. The van der Waals surface area contributed by atoms with Gasteiger partial charge in [0.15, 0.2) is 0 Å². The number of carboxylic acids is 1. The fraction of sp³-hybridized carbons (Fsp3) is 0.0833. The molecule has 2 aromatic rings. The van der Waals surface area contributed by atoms with Crippen molar-refractivity contribution in [3.05, 3.63) is 47.3 Å². The molecule has 0 aliphatic heterocycles. The minimum absolute atomic E-state index is 0.106. The maximum atomic E-state index is 11.8. The molecule has 0 unspecified atom stereocenters. The summed E-state index contributed by atoms with van der Waals surface area (Å²) in [5, 5.41) is 14.9. The van der Waals surface area contributed by atoms with Gasteiger partial charge in [0.25, 0.3) is 5.91 Å². The molecule has 1 amide bonds. The maximum Gasteiger partial charge on any atom is 0.335 e. The van der Waals surface area contributed by atoms with Crippen molar-refractivity contribution in [1.82, 2.24) is 5.16 Å². The van der Waals surface area contributed by atoms with Gasteiger partial charge in [-0.2, -0.15) is 0 Å². The normalized spacial score (nSPS) is 10.1. The van der Waals surface area contributed by atoms with E-state index in [-0.39, 0.29) is 5.56 Å². The van der Waals surface area contributed by atoms with Crippen molar-refractivity contribution < 1.29 is 19.2 Å². The summed E-state index contributed by atoms with van der Waals surface area (Å²) in [6.07, 6.45) is 1.31. The Hall–Kier alpha value is -2.63. The van der Waals surface area contributed by atoms with Crippen molar-refractivity contribution >= 4 is 17.6 Å². The third-order valence-corrected chi connectivity index (χ3v) is 2.36. The molecule has 1 aromatic heterocycles. The number of hydrogen-bond acceptors (Lipinski definition) is 4. The fourth-order valence-electron chi connectivity index (χ4n) is 1.45. The number of hydrogen-bond donors (Lipinski definition) is 2. The Labute approximate surface area is 102 Å². The van der Waals surface area contributed by atoms with Gasteiger partial charge in [0.05, 0.1) is 11.8 Å². The summed E-state index contributed by atoms with van der Waals surface area (Å²) < 4.78 is 4.78. The van der Waals surface area contributed by atoms with Gasteiger partial charge in [-0.05, 0) is 25.1 Å². The highest BCUT2D eigenvalue weighted by Crippen LogP contribution is 2.13. The molecule has 1 heterocycles. The molecular formula is C12H10N2O4. The number of carbonyl (C=O) groups is 2. The van der Waals surface area contributed by atoms with E-state index in [2.05, 4.69) is 10.5 Å². The number of aromatic nitrogens is 1. The van der Waals surface area contributed by atoms with Crippen LogP contribution in [0, 0.1) is 6.92 Å². The number of benzene rings is 1. The minimum Gasteiger partial charge on any atom is -0.478 e. The molecule has 2 rings (SSSR count). The molecule has 1 aromatic carbocycles. The van der Waals surface area contributed by atoms with Gasteiger partial charge in [-0.15, -0.1) is 0 Å². The van der Waals surface area contributed by atoms with Crippen molar-refractivity contribution in [2.24, 2.45) is 0 Å². The highest BCUT2D eigenvalue weighted by molar-refractivity contribution is 6.05. The van der Waals surface area contributed by atoms with Crippen molar-refractivity contribution in [1.29, 1.82) is 0 Å². The summed E-state index contributed by atoms with van der Waals surface area (Å²) in [5.41, 5.74) is 0.825. The fourth-order valence-corrected chi connectivity index (χ4v) is 1.45. The average Bonchev–Trinajstić information content (AvgIpc) is 2.76. The standard InChI is InChI=1S/C12H10N2O4/c1-7-10(6-13-18-7)11(15)14-9-4-2-3-8(5-9)12(16)17/h2-6H,1H3,(H,14,15)(H,16,17). The first kappa shape index (κ1) is 11.8. The van der Waals surface area contributed by atoms with Crippen molar-refractivity contribution in [2.45, 2.75) is 6.92 Å². The van der Waals surface area contributed by atoms with Crippen LogP contribution in [0.2, 0.25) is 0 Å². The molecule has 0 aliphatic rings. The maximum absolute atomic E-state index is 11.8. The van der Waals surface area contributed by atoms with Gasteiger partial charge < -0.3 is 14.9 Å². The molecule has 6 nitrogen and oxygen atoms in total. The molecule has 6 heteroatoms. The van der Waals surface area contributed by atoms with E-state index in [1.807, 2.05) is 0 Å². The second-order valence-corrected chi connectivity index (χ2v) is 3.64. The Morgan fingerprint density at radius 1 is 1.39 bits per heavy atom. The third kappa shape index (κ3) is 2.37. The predicted octanol–water partition coefficient (Wildman–Crippen LogP) is 1.93. The molecule has 0 saturated heterocycles. The summed E-state index contributed by atoms with van der Waals surface area (Å²) in [4.78, 5) is 22.6. The molecule has 0 aliphatic carbocycles. The van der Waals surface area contributed by atoms with Gasteiger partial charge in [0, 0.05) is 5.69 Å². The predicted molar refractivity (Wildman–Crippen MR) is 62.6 cm³/mol. The molecule has 0 fully saturated rings. The number of rotatable bonds is 3. The second-order valence-electron chi connectivity index (χ2n) is 3.64. The first-order valence-corrected chi connectivity index (χ1v) is 5.14. The first-order valence-electron chi connectivity index (χ1n) is 5.14. The van der Waals surface area contributed by atoms with Crippen LogP contribution in [0.1, 0.15) is 26.5 Å². The summed E-state index contributed by atoms with van der Waals surface area (Å²) in [6.45, 7) is 1.62. The van der Waals surface area contributed by atoms with Crippen LogP contribution in [0.4, 0.5) is 5.69 Å². The second kappa shape index (κ2) is 4.70. The molecule has 0 bridgehead atoms. The van der Waals surface area contributed by atoms with E-state index >= 15 is 0 Å². The topological polar surface area (TPSA) is 92.4 Å². The van der Waals surface area contributed by atoms with E-state index in [0.717, 1.165) is 0 Å². The van der Waals surface area contributed by atoms with Gasteiger partial charge >= 0.3 is 5.97 Å². The number of nitrogens with one attached hydrogen (secondary N) is 1. The molecule has 2 N–H and O–H groups in total. The monoisotopic (exact) mass is 246 g/mol. The largest absolute Gasteiger partial charge is 0.478 e. The van der Waals surface area contributed by atoms with E-state index in [0.29, 0.717) is 17.0 Å². The SMILES string of the molecule is Cc1oncc1C(=O)Nc1cccc(C(=O)O)c1. The quantitative estimate of drug-likeness (QED) is 0.863. The lowest BCUT2D eigenvalue weighted by Gasteiger charge is -2.04. The molecule has 0 saturated carbocycles. The molecule has 0 atom stereocenters. The van der Waals surface area contributed by atoms with Crippen molar-refractivity contribution in [3.8, 4) is 0 Å². The van der Waals surface area contributed by atoms with Gasteiger partial charge in [0.1, 0.15) is 11.3 Å². The summed E-state index contributed by atoms with van der Waals surface area (Å²) in [7, 11) is 0. The van der Waals surface area contributed by atoms with Crippen LogP contribution in [0.3, 0.4) is 0 Å². The number of anilines is 1. The van der Waals surface area contributed by atoms with E-state index < -0.39 is 11.9 Å². The van der Waals surface area contributed by atoms with Crippen LogP contribution in [-0.4, -0.2) is 22.1 Å². The minimum atomic E-state index is -1.05. The zero-order valence-corrected chi connectivity index (χ0v) is 9.51. The molecule has 0 spiro atoms. The van der Waals surface area contributed by atoms with Crippen LogP contribution in [-0.2, 0) is 0 Å². The van der Waals surface area contributed by atoms with Crippen LogP contribution >= 0.6 is 0 Å².